The zero-order chi connectivity index (χ0) is 12.3. The fraction of sp³-hybridized carbons (Fsp3) is 0.167. The summed E-state index contributed by atoms with van der Waals surface area (Å²) in [7, 11) is 1.91. The van der Waals surface area contributed by atoms with Gasteiger partial charge in [0.1, 0.15) is 6.07 Å². The number of pyridine rings is 1. The van der Waals surface area contributed by atoms with Crippen LogP contribution in [0.4, 0.5) is 11.5 Å². The van der Waals surface area contributed by atoms with Gasteiger partial charge in [-0.1, -0.05) is 0 Å². The number of nitrogens with two attached hydrogens (primary N) is 1. The van der Waals surface area contributed by atoms with E-state index in [4.69, 9.17) is 11.0 Å². The lowest BCUT2D eigenvalue weighted by Gasteiger charge is -2.19. The molecule has 0 aromatic carbocycles. The number of rotatable bonds is 3. The summed E-state index contributed by atoms with van der Waals surface area (Å²) in [6.45, 7) is 0.732. The molecule has 0 saturated carbocycles. The van der Waals surface area contributed by atoms with Gasteiger partial charge in [0.15, 0.2) is 5.82 Å². The topological polar surface area (TPSA) is 65.9 Å². The number of anilines is 2. The molecule has 0 radical (unpaired) electrons. The highest BCUT2D eigenvalue weighted by Gasteiger charge is 2.10. The Kier molecular flexibility index (Phi) is 3.26. The molecule has 0 unspecified atom stereocenters. The molecule has 2 heterocycles. The van der Waals surface area contributed by atoms with Gasteiger partial charge < -0.3 is 10.6 Å². The van der Waals surface area contributed by atoms with E-state index in [0.717, 1.165) is 6.54 Å². The molecule has 0 saturated heterocycles. The van der Waals surface area contributed by atoms with Crippen LogP contribution in [0.5, 0.6) is 0 Å². The summed E-state index contributed by atoms with van der Waals surface area (Å²) in [5.41, 5.74) is 8.01. The van der Waals surface area contributed by atoms with Crippen LogP contribution in [0.1, 0.15) is 11.1 Å². The molecular weight excluding hydrogens is 232 g/mol. The molecule has 2 rings (SSSR count). The quantitative estimate of drug-likeness (QED) is 0.899. The van der Waals surface area contributed by atoms with E-state index in [9.17, 15) is 0 Å². The predicted molar refractivity (Wildman–Crippen MR) is 69.8 cm³/mol. The van der Waals surface area contributed by atoms with E-state index in [0.29, 0.717) is 17.1 Å². The van der Waals surface area contributed by atoms with Crippen molar-refractivity contribution < 1.29 is 0 Å². The van der Waals surface area contributed by atoms with Crippen molar-refractivity contribution in [2.75, 3.05) is 17.7 Å². The van der Waals surface area contributed by atoms with Gasteiger partial charge in [0.25, 0.3) is 0 Å². The highest BCUT2D eigenvalue weighted by Crippen LogP contribution is 2.23. The minimum Gasteiger partial charge on any atom is -0.395 e. The number of nitrogen functional groups attached to an aromatic ring is 1. The van der Waals surface area contributed by atoms with Crippen molar-refractivity contribution >= 4 is 22.8 Å². The summed E-state index contributed by atoms with van der Waals surface area (Å²) in [4.78, 5) is 6.16. The minimum absolute atomic E-state index is 0.438. The zero-order valence-corrected chi connectivity index (χ0v) is 10.2. The van der Waals surface area contributed by atoms with E-state index >= 15 is 0 Å². The molecule has 0 aliphatic heterocycles. The SMILES string of the molecule is CN(Cc1ccsc1)c1nccc(C#N)c1N. The van der Waals surface area contributed by atoms with E-state index < -0.39 is 0 Å². The van der Waals surface area contributed by atoms with Crippen molar-refractivity contribution in [2.45, 2.75) is 6.54 Å². The van der Waals surface area contributed by atoms with Gasteiger partial charge in [0.2, 0.25) is 0 Å². The van der Waals surface area contributed by atoms with Crippen LogP contribution in [0, 0.1) is 11.3 Å². The Morgan fingerprint density at radius 3 is 3.00 bits per heavy atom. The second kappa shape index (κ2) is 4.85. The first-order chi connectivity index (χ1) is 8.22. The molecule has 0 spiro atoms. The lowest BCUT2D eigenvalue weighted by Crippen LogP contribution is -2.19. The Morgan fingerprint density at radius 1 is 1.53 bits per heavy atom. The van der Waals surface area contributed by atoms with E-state index in [1.807, 2.05) is 17.3 Å². The summed E-state index contributed by atoms with van der Waals surface area (Å²) in [5.74, 6) is 0.648. The number of nitriles is 1. The van der Waals surface area contributed by atoms with E-state index in [-0.39, 0.29) is 0 Å². The Hall–Kier alpha value is -2.06. The molecule has 4 nitrogen and oxygen atoms in total. The van der Waals surface area contributed by atoms with Crippen LogP contribution >= 0.6 is 11.3 Å². The first-order valence-electron chi connectivity index (χ1n) is 5.09. The Labute approximate surface area is 104 Å². The van der Waals surface area contributed by atoms with Crippen molar-refractivity contribution in [3.8, 4) is 6.07 Å². The third kappa shape index (κ3) is 2.37. The Morgan fingerprint density at radius 2 is 2.35 bits per heavy atom. The number of hydrogen-bond acceptors (Lipinski definition) is 5. The van der Waals surface area contributed by atoms with Crippen molar-refractivity contribution in [1.29, 1.82) is 5.26 Å². The van der Waals surface area contributed by atoms with Crippen molar-refractivity contribution in [3.63, 3.8) is 0 Å². The van der Waals surface area contributed by atoms with Crippen LogP contribution in [-0.2, 0) is 6.54 Å². The van der Waals surface area contributed by atoms with Gasteiger partial charge in [-0.2, -0.15) is 16.6 Å². The molecule has 86 valence electrons. The summed E-state index contributed by atoms with van der Waals surface area (Å²) in [6, 6.07) is 5.74. The summed E-state index contributed by atoms with van der Waals surface area (Å²) >= 11 is 1.66. The number of hydrogen-bond donors (Lipinski definition) is 1. The van der Waals surface area contributed by atoms with Gasteiger partial charge >= 0.3 is 0 Å². The Bertz CT molecular complexity index is 542. The lowest BCUT2D eigenvalue weighted by molar-refractivity contribution is 0.903. The maximum absolute atomic E-state index is 8.91. The number of thiophene rings is 1. The average Bonchev–Trinajstić information content (AvgIpc) is 2.82. The molecule has 0 amide bonds. The van der Waals surface area contributed by atoms with Gasteiger partial charge in [-0.25, -0.2) is 4.98 Å². The van der Waals surface area contributed by atoms with E-state index in [2.05, 4.69) is 22.5 Å². The molecule has 2 aromatic rings. The summed E-state index contributed by atoms with van der Waals surface area (Å²) in [6.07, 6.45) is 1.61. The molecule has 0 aliphatic carbocycles. The second-order valence-corrected chi connectivity index (χ2v) is 4.48. The third-order valence-electron chi connectivity index (χ3n) is 2.45. The summed E-state index contributed by atoms with van der Waals surface area (Å²) < 4.78 is 0. The fourth-order valence-electron chi connectivity index (χ4n) is 1.60. The molecule has 5 heteroatoms. The zero-order valence-electron chi connectivity index (χ0n) is 9.42. The molecular formula is C12H12N4S. The van der Waals surface area contributed by atoms with Gasteiger partial charge in [-0.05, 0) is 28.5 Å². The van der Waals surface area contributed by atoms with E-state index in [1.165, 1.54) is 5.56 Å². The second-order valence-electron chi connectivity index (χ2n) is 3.70. The van der Waals surface area contributed by atoms with Gasteiger partial charge in [0, 0.05) is 19.8 Å². The number of nitrogens with zero attached hydrogens (tertiary/aromatic N) is 3. The molecule has 2 aromatic heterocycles. The van der Waals surface area contributed by atoms with Crippen LogP contribution < -0.4 is 10.6 Å². The molecule has 2 N–H and O–H groups in total. The average molecular weight is 244 g/mol. The highest BCUT2D eigenvalue weighted by molar-refractivity contribution is 7.07. The van der Waals surface area contributed by atoms with Crippen molar-refractivity contribution in [2.24, 2.45) is 0 Å². The van der Waals surface area contributed by atoms with Gasteiger partial charge in [-0.3, -0.25) is 0 Å². The molecule has 0 aliphatic rings. The molecule has 0 fully saturated rings. The molecule has 0 atom stereocenters. The number of aromatic nitrogens is 1. The lowest BCUT2D eigenvalue weighted by atomic mass is 10.2. The third-order valence-corrected chi connectivity index (χ3v) is 3.18. The molecule has 17 heavy (non-hydrogen) atoms. The smallest absolute Gasteiger partial charge is 0.153 e. The normalized spacial score (nSPS) is 9.88. The van der Waals surface area contributed by atoms with Crippen LogP contribution in [0.15, 0.2) is 29.1 Å². The predicted octanol–water partition coefficient (Wildman–Crippen LogP) is 2.23. The van der Waals surface area contributed by atoms with Crippen LogP contribution in [-0.4, -0.2) is 12.0 Å². The van der Waals surface area contributed by atoms with Crippen LogP contribution in [0.25, 0.3) is 0 Å². The van der Waals surface area contributed by atoms with Crippen LogP contribution in [0.2, 0.25) is 0 Å². The summed E-state index contributed by atoms with van der Waals surface area (Å²) in [5, 5.41) is 13.0. The highest BCUT2D eigenvalue weighted by atomic mass is 32.1. The monoisotopic (exact) mass is 244 g/mol. The van der Waals surface area contributed by atoms with Crippen molar-refractivity contribution in [1.82, 2.24) is 4.98 Å². The Balaban J connectivity index is 2.25. The largest absolute Gasteiger partial charge is 0.395 e. The van der Waals surface area contributed by atoms with Gasteiger partial charge in [0.05, 0.1) is 11.3 Å². The van der Waals surface area contributed by atoms with Crippen molar-refractivity contribution in [3.05, 3.63) is 40.2 Å². The first-order valence-corrected chi connectivity index (χ1v) is 6.03. The maximum Gasteiger partial charge on any atom is 0.153 e. The first kappa shape index (κ1) is 11.4. The fourth-order valence-corrected chi connectivity index (χ4v) is 2.26. The minimum atomic E-state index is 0.438. The maximum atomic E-state index is 8.91. The molecule has 0 bridgehead atoms. The van der Waals surface area contributed by atoms with E-state index in [1.54, 1.807) is 23.6 Å². The van der Waals surface area contributed by atoms with Crippen LogP contribution in [0.3, 0.4) is 0 Å². The standard InChI is InChI=1S/C12H12N4S/c1-16(7-9-3-5-17-8-9)12-11(14)10(6-13)2-4-15-12/h2-5,8H,7,14H2,1H3. The van der Waals surface area contributed by atoms with Gasteiger partial charge in [-0.15, -0.1) is 0 Å².